The lowest BCUT2D eigenvalue weighted by molar-refractivity contribution is 0.576. The van der Waals surface area contributed by atoms with Crippen molar-refractivity contribution in [3.63, 3.8) is 0 Å². The Balaban J connectivity index is 0. The van der Waals surface area contributed by atoms with Gasteiger partial charge in [-0.25, -0.2) is 0 Å². The van der Waals surface area contributed by atoms with Gasteiger partial charge in [-0.05, 0) is 5.92 Å². The molecular formula is C6H15I. The monoisotopic (exact) mass is 214 g/mol. The Morgan fingerprint density at radius 2 is 1.71 bits per heavy atom. The number of halogens is 1. The molecule has 0 saturated heterocycles. The highest BCUT2D eigenvalue weighted by Crippen LogP contribution is 2.00. The van der Waals surface area contributed by atoms with Gasteiger partial charge in [-0.1, -0.05) is 33.6 Å². The van der Waals surface area contributed by atoms with Crippen LogP contribution in [0.5, 0.6) is 0 Å². The zero-order valence-corrected chi connectivity index (χ0v) is 7.73. The fraction of sp³-hybridized carbons (Fsp3) is 1.00. The average molecular weight is 214 g/mol. The van der Waals surface area contributed by atoms with Gasteiger partial charge in [0.2, 0.25) is 0 Å². The molecule has 0 rings (SSSR count). The summed E-state index contributed by atoms with van der Waals surface area (Å²) in [5, 5.41) is 0. The van der Waals surface area contributed by atoms with E-state index in [4.69, 9.17) is 0 Å². The second kappa shape index (κ2) is 6.73. The minimum absolute atomic E-state index is 0. The highest BCUT2D eigenvalue weighted by molar-refractivity contribution is 14.0. The van der Waals surface area contributed by atoms with Crippen molar-refractivity contribution in [2.45, 2.75) is 33.6 Å². The normalized spacial score (nSPS) is 8.57. The third kappa shape index (κ3) is 10.8. The van der Waals surface area contributed by atoms with Gasteiger partial charge in [-0.15, -0.1) is 24.0 Å². The summed E-state index contributed by atoms with van der Waals surface area (Å²) in [6, 6.07) is 0. The molecule has 0 saturated carbocycles. The first-order valence-electron chi connectivity index (χ1n) is 2.77. The number of hydrogen-bond donors (Lipinski definition) is 0. The first kappa shape index (κ1) is 10.7. The van der Waals surface area contributed by atoms with E-state index in [1.165, 1.54) is 12.8 Å². The molecule has 0 unspecified atom stereocenters. The zero-order chi connectivity index (χ0) is 4.99. The van der Waals surface area contributed by atoms with Crippen molar-refractivity contribution < 1.29 is 0 Å². The molecule has 0 nitrogen and oxygen atoms in total. The predicted octanol–water partition coefficient (Wildman–Crippen LogP) is 3.06. The summed E-state index contributed by atoms with van der Waals surface area (Å²) in [6.45, 7) is 6.73. The van der Waals surface area contributed by atoms with Gasteiger partial charge in [-0.3, -0.25) is 0 Å². The Kier molecular flexibility index (Phi) is 10.3. The topological polar surface area (TPSA) is 0 Å². The molecule has 0 heterocycles. The van der Waals surface area contributed by atoms with Crippen LogP contribution in [0.15, 0.2) is 0 Å². The molecule has 0 fully saturated rings. The Labute approximate surface area is 63.7 Å². The highest BCUT2D eigenvalue weighted by Gasteiger charge is 1.85. The zero-order valence-electron chi connectivity index (χ0n) is 5.40. The summed E-state index contributed by atoms with van der Waals surface area (Å²) in [5.74, 6) is 0.898. The summed E-state index contributed by atoms with van der Waals surface area (Å²) in [4.78, 5) is 0. The van der Waals surface area contributed by atoms with Crippen molar-refractivity contribution in [2.75, 3.05) is 0 Å². The molecule has 46 valence electrons. The van der Waals surface area contributed by atoms with Crippen LogP contribution in [0.2, 0.25) is 0 Å². The molecule has 0 spiro atoms. The van der Waals surface area contributed by atoms with Crippen LogP contribution >= 0.6 is 24.0 Å². The van der Waals surface area contributed by atoms with Gasteiger partial charge in [0.25, 0.3) is 0 Å². The lowest BCUT2D eigenvalue weighted by atomic mass is 10.1. The molecule has 0 amide bonds. The van der Waals surface area contributed by atoms with Gasteiger partial charge in [0.15, 0.2) is 0 Å². The maximum atomic E-state index is 2.25. The molecule has 0 radical (unpaired) electrons. The Bertz CT molecular complexity index is 25.4. The molecule has 0 aromatic rings. The van der Waals surface area contributed by atoms with E-state index in [-0.39, 0.29) is 24.0 Å². The van der Waals surface area contributed by atoms with E-state index >= 15 is 0 Å². The van der Waals surface area contributed by atoms with Gasteiger partial charge in [-0.2, -0.15) is 0 Å². The van der Waals surface area contributed by atoms with E-state index in [2.05, 4.69) is 20.8 Å². The first-order valence-corrected chi connectivity index (χ1v) is 2.77. The minimum Gasteiger partial charge on any atom is -0.107 e. The summed E-state index contributed by atoms with van der Waals surface area (Å²) in [6.07, 6.45) is 2.71. The molecule has 7 heavy (non-hydrogen) atoms. The van der Waals surface area contributed by atoms with Crippen LogP contribution in [-0.2, 0) is 0 Å². The quantitative estimate of drug-likeness (QED) is 0.619. The van der Waals surface area contributed by atoms with Crippen LogP contribution in [0.3, 0.4) is 0 Å². The van der Waals surface area contributed by atoms with Gasteiger partial charge >= 0.3 is 0 Å². The standard InChI is InChI=1S/C6H14.HI/c1-4-5-6(2)3;/h6H,4-5H2,1-3H3;1H. The molecule has 1 heteroatoms. The molecule has 0 aliphatic carbocycles. The first-order chi connectivity index (χ1) is 2.77. The van der Waals surface area contributed by atoms with E-state index < -0.39 is 0 Å². The van der Waals surface area contributed by atoms with Crippen molar-refractivity contribution >= 4 is 24.0 Å². The molecule has 0 atom stereocenters. The van der Waals surface area contributed by atoms with Crippen LogP contribution in [0.25, 0.3) is 0 Å². The molecule has 0 aliphatic rings. The average Bonchev–Trinajstić information content (AvgIpc) is 1.35. The lowest BCUT2D eigenvalue weighted by Gasteiger charge is -1.95. The van der Waals surface area contributed by atoms with E-state index in [0.29, 0.717) is 0 Å². The lowest BCUT2D eigenvalue weighted by Crippen LogP contribution is -1.81. The van der Waals surface area contributed by atoms with Crippen molar-refractivity contribution in [1.82, 2.24) is 0 Å². The maximum Gasteiger partial charge on any atom is -0.0471 e. The third-order valence-electron chi connectivity index (χ3n) is 0.866. The predicted molar refractivity (Wildman–Crippen MR) is 45.2 cm³/mol. The molecule has 0 aromatic heterocycles. The highest BCUT2D eigenvalue weighted by atomic mass is 127. The maximum absolute atomic E-state index is 2.25. The Morgan fingerprint density at radius 1 is 1.29 bits per heavy atom. The fourth-order valence-electron chi connectivity index (χ4n) is 0.577. The van der Waals surface area contributed by atoms with E-state index in [9.17, 15) is 0 Å². The second-order valence-corrected chi connectivity index (χ2v) is 2.18. The SMILES string of the molecule is CCCC(C)C.I. The Morgan fingerprint density at radius 3 is 1.71 bits per heavy atom. The second-order valence-electron chi connectivity index (χ2n) is 2.18. The van der Waals surface area contributed by atoms with Crippen LogP contribution in [0.4, 0.5) is 0 Å². The van der Waals surface area contributed by atoms with E-state index in [1.807, 2.05) is 0 Å². The van der Waals surface area contributed by atoms with E-state index in [1.54, 1.807) is 0 Å². The molecular weight excluding hydrogens is 199 g/mol. The fourth-order valence-corrected chi connectivity index (χ4v) is 0.577. The largest absolute Gasteiger partial charge is 0.107 e. The smallest absolute Gasteiger partial charge is 0.0471 e. The summed E-state index contributed by atoms with van der Waals surface area (Å²) >= 11 is 0. The van der Waals surface area contributed by atoms with Crippen LogP contribution in [0, 0.1) is 5.92 Å². The van der Waals surface area contributed by atoms with Gasteiger partial charge in [0.1, 0.15) is 0 Å². The minimum atomic E-state index is 0. The van der Waals surface area contributed by atoms with Crippen LogP contribution in [-0.4, -0.2) is 0 Å². The molecule has 0 aromatic carbocycles. The molecule has 0 bridgehead atoms. The van der Waals surface area contributed by atoms with Gasteiger partial charge < -0.3 is 0 Å². The third-order valence-corrected chi connectivity index (χ3v) is 0.866. The molecule has 0 N–H and O–H groups in total. The van der Waals surface area contributed by atoms with Crippen molar-refractivity contribution in [3.8, 4) is 0 Å². The molecule has 0 aliphatic heterocycles. The summed E-state index contributed by atoms with van der Waals surface area (Å²) in [7, 11) is 0. The van der Waals surface area contributed by atoms with Gasteiger partial charge in [0.05, 0.1) is 0 Å². The van der Waals surface area contributed by atoms with Crippen molar-refractivity contribution in [3.05, 3.63) is 0 Å². The Hall–Kier alpha value is 0.730. The number of hydrogen-bond acceptors (Lipinski definition) is 0. The van der Waals surface area contributed by atoms with Crippen LogP contribution in [0.1, 0.15) is 33.6 Å². The van der Waals surface area contributed by atoms with Crippen molar-refractivity contribution in [2.24, 2.45) is 5.92 Å². The van der Waals surface area contributed by atoms with E-state index in [0.717, 1.165) is 5.92 Å². The summed E-state index contributed by atoms with van der Waals surface area (Å²) < 4.78 is 0. The van der Waals surface area contributed by atoms with Crippen molar-refractivity contribution in [1.29, 1.82) is 0 Å². The van der Waals surface area contributed by atoms with Gasteiger partial charge in [0, 0.05) is 0 Å². The number of rotatable bonds is 2. The summed E-state index contributed by atoms with van der Waals surface area (Å²) in [5.41, 5.74) is 0. The van der Waals surface area contributed by atoms with Crippen LogP contribution < -0.4 is 0 Å².